The lowest BCUT2D eigenvalue weighted by atomic mass is 10.0. The van der Waals surface area contributed by atoms with Crippen LogP contribution in [0.5, 0.6) is 0 Å². The van der Waals surface area contributed by atoms with Crippen molar-refractivity contribution < 1.29 is 9.53 Å². The topological polar surface area (TPSA) is 84.0 Å². The first-order valence-corrected chi connectivity index (χ1v) is 8.58. The molecule has 3 aromatic rings. The summed E-state index contributed by atoms with van der Waals surface area (Å²) in [5.74, 6) is -0.0775. The average molecular weight is 343 g/mol. The number of nitrogens with zero attached hydrogens (tertiary/aromatic N) is 4. The number of carbonyl (C=O) groups excluding carboxylic acids is 1. The molecule has 4 rings (SSSR count). The second-order valence-corrected chi connectivity index (χ2v) is 6.76. The number of hydrogen-bond donors (Lipinski definition) is 1. The van der Waals surface area contributed by atoms with E-state index in [1.54, 1.807) is 6.20 Å². The van der Waals surface area contributed by atoms with Gasteiger partial charge in [-0.1, -0.05) is 11.3 Å². The van der Waals surface area contributed by atoms with Crippen LogP contribution in [0, 0.1) is 13.8 Å². The van der Waals surface area contributed by atoms with E-state index in [2.05, 4.69) is 20.2 Å². The molecule has 24 heavy (non-hydrogen) atoms. The van der Waals surface area contributed by atoms with Crippen LogP contribution < -0.4 is 0 Å². The monoisotopic (exact) mass is 343 g/mol. The van der Waals surface area contributed by atoms with Crippen molar-refractivity contribution in [3.63, 3.8) is 0 Å². The Hall–Kier alpha value is -2.32. The van der Waals surface area contributed by atoms with Crippen LogP contribution in [0.2, 0.25) is 0 Å². The van der Waals surface area contributed by atoms with Gasteiger partial charge in [0.15, 0.2) is 5.01 Å². The van der Waals surface area contributed by atoms with Gasteiger partial charge in [0.25, 0.3) is 5.91 Å². The van der Waals surface area contributed by atoms with Crippen molar-refractivity contribution in [3.05, 3.63) is 40.3 Å². The van der Waals surface area contributed by atoms with E-state index in [1.165, 1.54) is 11.3 Å². The molecule has 7 nitrogen and oxygen atoms in total. The SMILES string of the molecule is Cc1n[nH]c(C)c1C1COCCN1C(=O)c1nc2cccnc2s1. The van der Waals surface area contributed by atoms with Gasteiger partial charge >= 0.3 is 0 Å². The molecule has 1 amide bonds. The maximum Gasteiger partial charge on any atom is 0.283 e. The number of amides is 1. The zero-order chi connectivity index (χ0) is 16.7. The van der Waals surface area contributed by atoms with Crippen molar-refractivity contribution >= 4 is 27.6 Å². The van der Waals surface area contributed by atoms with Crippen molar-refractivity contribution in [2.24, 2.45) is 0 Å². The Morgan fingerprint density at radius 2 is 2.33 bits per heavy atom. The van der Waals surface area contributed by atoms with Crippen LogP contribution in [-0.2, 0) is 4.74 Å². The third-order valence-corrected chi connectivity index (χ3v) is 5.22. The molecule has 0 aromatic carbocycles. The summed E-state index contributed by atoms with van der Waals surface area (Å²) in [6.07, 6.45) is 1.71. The summed E-state index contributed by atoms with van der Waals surface area (Å²) in [5.41, 5.74) is 3.65. The normalized spacial score (nSPS) is 18.2. The summed E-state index contributed by atoms with van der Waals surface area (Å²) in [7, 11) is 0. The Kier molecular flexibility index (Phi) is 3.78. The number of hydrogen-bond acceptors (Lipinski definition) is 6. The quantitative estimate of drug-likeness (QED) is 0.771. The number of aromatic nitrogens is 4. The molecular formula is C16H17N5O2S. The van der Waals surface area contributed by atoms with Crippen molar-refractivity contribution in [1.82, 2.24) is 25.1 Å². The molecular weight excluding hydrogens is 326 g/mol. The van der Waals surface area contributed by atoms with Crippen LogP contribution in [-0.4, -0.2) is 50.7 Å². The van der Waals surface area contributed by atoms with Crippen LogP contribution in [0.4, 0.5) is 0 Å². The van der Waals surface area contributed by atoms with Gasteiger partial charge in [0.2, 0.25) is 0 Å². The molecule has 4 heterocycles. The van der Waals surface area contributed by atoms with E-state index in [0.29, 0.717) is 24.8 Å². The largest absolute Gasteiger partial charge is 0.377 e. The molecule has 0 radical (unpaired) electrons. The molecule has 1 fully saturated rings. The molecule has 1 aliphatic heterocycles. The fourth-order valence-electron chi connectivity index (χ4n) is 3.12. The average Bonchev–Trinajstić information content (AvgIpc) is 3.17. The van der Waals surface area contributed by atoms with Gasteiger partial charge in [0, 0.05) is 24.0 Å². The predicted molar refractivity (Wildman–Crippen MR) is 90.1 cm³/mol. The van der Waals surface area contributed by atoms with E-state index in [0.717, 1.165) is 27.3 Å². The summed E-state index contributed by atoms with van der Waals surface area (Å²) >= 11 is 1.33. The second-order valence-electron chi connectivity index (χ2n) is 5.78. The molecule has 0 spiro atoms. The zero-order valence-corrected chi connectivity index (χ0v) is 14.3. The first-order chi connectivity index (χ1) is 11.6. The number of rotatable bonds is 2. The smallest absolute Gasteiger partial charge is 0.283 e. The number of ether oxygens (including phenoxy) is 1. The van der Waals surface area contributed by atoms with Gasteiger partial charge in [-0.25, -0.2) is 9.97 Å². The number of H-pyrrole nitrogens is 1. The highest BCUT2D eigenvalue weighted by molar-refractivity contribution is 7.19. The summed E-state index contributed by atoms with van der Waals surface area (Å²) in [6, 6.07) is 3.55. The predicted octanol–water partition coefficient (Wildman–Crippen LogP) is 2.24. The van der Waals surface area contributed by atoms with E-state index >= 15 is 0 Å². The third-order valence-electron chi connectivity index (χ3n) is 4.26. The van der Waals surface area contributed by atoms with E-state index in [-0.39, 0.29) is 11.9 Å². The molecule has 0 aliphatic carbocycles. The van der Waals surface area contributed by atoms with Crippen LogP contribution in [0.25, 0.3) is 10.3 Å². The molecule has 1 saturated heterocycles. The molecule has 124 valence electrons. The van der Waals surface area contributed by atoms with Crippen molar-refractivity contribution in [3.8, 4) is 0 Å². The van der Waals surface area contributed by atoms with Crippen molar-refractivity contribution in [2.75, 3.05) is 19.8 Å². The minimum atomic E-state index is -0.148. The van der Waals surface area contributed by atoms with E-state index in [1.807, 2.05) is 30.9 Å². The minimum absolute atomic E-state index is 0.0775. The third kappa shape index (κ3) is 2.47. The highest BCUT2D eigenvalue weighted by Crippen LogP contribution is 2.31. The van der Waals surface area contributed by atoms with Gasteiger partial charge in [0.1, 0.15) is 10.3 Å². The number of fused-ring (bicyclic) bond motifs is 1. The lowest BCUT2D eigenvalue weighted by Crippen LogP contribution is -2.43. The molecule has 8 heteroatoms. The second kappa shape index (κ2) is 5.95. The number of aromatic amines is 1. The summed E-state index contributed by atoms with van der Waals surface area (Å²) in [5, 5.41) is 7.71. The van der Waals surface area contributed by atoms with Crippen LogP contribution in [0.3, 0.4) is 0 Å². The minimum Gasteiger partial charge on any atom is -0.377 e. The van der Waals surface area contributed by atoms with E-state index in [9.17, 15) is 4.79 Å². The Morgan fingerprint density at radius 3 is 3.08 bits per heavy atom. The molecule has 1 unspecified atom stereocenters. The van der Waals surface area contributed by atoms with Gasteiger partial charge in [-0.15, -0.1) is 0 Å². The van der Waals surface area contributed by atoms with Crippen molar-refractivity contribution in [2.45, 2.75) is 19.9 Å². The molecule has 1 N–H and O–H groups in total. The molecule has 3 aromatic heterocycles. The Bertz CT molecular complexity index is 850. The number of carbonyl (C=O) groups is 1. The number of thiazole rings is 1. The molecule has 1 aliphatic rings. The lowest BCUT2D eigenvalue weighted by molar-refractivity contribution is -0.00301. The first kappa shape index (κ1) is 15.2. The number of morpholine rings is 1. The Balaban J connectivity index is 1.71. The standard InChI is InChI=1S/C16H17N5O2S/c1-9-13(10(2)20-19-9)12-8-23-7-6-21(12)16(22)15-18-11-4-3-5-17-14(11)24-15/h3-5,12H,6-8H2,1-2H3,(H,19,20). The number of nitrogens with one attached hydrogen (secondary N) is 1. The number of aryl methyl sites for hydroxylation is 2. The van der Waals surface area contributed by atoms with E-state index in [4.69, 9.17) is 4.74 Å². The van der Waals surface area contributed by atoms with Gasteiger partial charge in [-0.2, -0.15) is 5.10 Å². The van der Waals surface area contributed by atoms with Gasteiger partial charge < -0.3 is 9.64 Å². The van der Waals surface area contributed by atoms with Crippen LogP contribution in [0.1, 0.15) is 32.8 Å². The van der Waals surface area contributed by atoms with E-state index < -0.39 is 0 Å². The molecule has 1 atom stereocenters. The Labute approximate surface area is 142 Å². The van der Waals surface area contributed by atoms with Crippen LogP contribution in [0.15, 0.2) is 18.3 Å². The summed E-state index contributed by atoms with van der Waals surface area (Å²) in [6.45, 7) is 5.44. The lowest BCUT2D eigenvalue weighted by Gasteiger charge is -2.35. The summed E-state index contributed by atoms with van der Waals surface area (Å²) in [4.78, 5) is 24.4. The highest BCUT2D eigenvalue weighted by Gasteiger charge is 2.33. The van der Waals surface area contributed by atoms with Crippen LogP contribution >= 0.6 is 11.3 Å². The first-order valence-electron chi connectivity index (χ1n) is 7.77. The fraction of sp³-hybridized carbons (Fsp3) is 0.375. The number of pyridine rings is 1. The molecule has 0 bridgehead atoms. The highest BCUT2D eigenvalue weighted by atomic mass is 32.1. The van der Waals surface area contributed by atoms with Crippen molar-refractivity contribution in [1.29, 1.82) is 0 Å². The molecule has 0 saturated carbocycles. The fourth-order valence-corrected chi connectivity index (χ4v) is 3.98. The van der Waals surface area contributed by atoms with Gasteiger partial charge in [-0.3, -0.25) is 9.89 Å². The maximum absolute atomic E-state index is 13.1. The Morgan fingerprint density at radius 1 is 1.46 bits per heavy atom. The zero-order valence-electron chi connectivity index (χ0n) is 13.4. The van der Waals surface area contributed by atoms with Gasteiger partial charge in [-0.05, 0) is 26.0 Å². The maximum atomic E-state index is 13.1. The summed E-state index contributed by atoms with van der Waals surface area (Å²) < 4.78 is 5.63. The van der Waals surface area contributed by atoms with Gasteiger partial charge in [0.05, 0.1) is 24.9 Å².